The van der Waals surface area contributed by atoms with Gasteiger partial charge in [0.15, 0.2) is 0 Å². The summed E-state index contributed by atoms with van der Waals surface area (Å²) in [4.78, 5) is 4.30. The van der Waals surface area contributed by atoms with Crippen LogP contribution in [0.15, 0.2) is 6.33 Å². The van der Waals surface area contributed by atoms with E-state index in [1.165, 1.54) is 25.7 Å². The molecule has 0 radical (unpaired) electrons. The maximum absolute atomic E-state index is 10.5. The number of fused-ring (bicyclic) bond motifs is 2. The summed E-state index contributed by atoms with van der Waals surface area (Å²) in [5, 5.41) is 14.7. The van der Waals surface area contributed by atoms with Gasteiger partial charge in [-0.2, -0.15) is 5.10 Å². The molecule has 0 aromatic carbocycles. The molecule has 4 nitrogen and oxygen atoms in total. The zero-order valence-corrected chi connectivity index (χ0v) is 11.3. The number of rotatable bonds is 4. The largest absolute Gasteiger partial charge is 0.392 e. The van der Waals surface area contributed by atoms with E-state index in [0.29, 0.717) is 18.4 Å². The molecule has 1 aromatic heterocycles. The Balaban J connectivity index is 1.67. The van der Waals surface area contributed by atoms with Crippen molar-refractivity contribution in [3.05, 3.63) is 12.2 Å². The van der Waals surface area contributed by atoms with Gasteiger partial charge in [-0.15, -0.1) is 0 Å². The molecule has 1 heterocycles. The van der Waals surface area contributed by atoms with Crippen LogP contribution in [0.25, 0.3) is 0 Å². The summed E-state index contributed by atoms with van der Waals surface area (Å²) in [5.74, 6) is 3.08. The van der Waals surface area contributed by atoms with Crippen LogP contribution in [-0.2, 0) is 6.42 Å². The van der Waals surface area contributed by atoms with Gasteiger partial charge in [-0.25, -0.2) is 9.67 Å². The van der Waals surface area contributed by atoms with Crippen molar-refractivity contribution in [1.29, 1.82) is 0 Å². The topological polar surface area (TPSA) is 50.9 Å². The second-order valence-corrected chi connectivity index (χ2v) is 6.32. The zero-order valence-electron chi connectivity index (χ0n) is 11.3. The van der Waals surface area contributed by atoms with Gasteiger partial charge in [0.1, 0.15) is 12.2 Å². The van der Waals surface area contributed by atoms with Crippen molar-refractivity contribution in [2.24, 2.45) is 17.8 Å². The van der Waals surface area contributed by atoms with Crippen LogP contribution in [0.1, 0.15) is 51.4 Å². The predicted octanol–water partition coefficient (Wildman–Crippen LogP) is 2.20. The van der Waals surface area contributed by atoms with Crippen LogP contribution >= 0.6 is 0 Å². The number of hydrogen-bond acceptors (Lipinski definition) is 3. The van der Waals surface area contributed by atoms with Gasteiger partial charge in [0.05, 0.1) is 6.10 Å². The Bertz CT molecular complexity index is 415. The maximum Gasteiger partial charge on any atom is 0.138 e. The molecule has 1 aromatic rings. The Kier molecular flexibility index (Phi) is 3.14. The summed E-state index contributed by atoms with van der Waals surface area (Å²) in [6, 6.07) is 0.315. The van der Waals surface area contributed by atoms with Crippen LogP contribution in [-0.4, -0.2) is 26.0 Å². The van der Waals surface area contributed by atoms with Crippen molar-refractivity contribution in [3.8, 4) is 0 Å². The minimum Gasteiger partial charge on any atom is -0.392 e. The van der Waals surface area contributed by atoms with E-state index in [-0.39, 0.29) is 6.10 Å². The third kappa shape index (κ3) is 2.07. The molecule has 18 heavy (non-hydrogen) atoms. The SMILES string of the molecule is CC(C)n1ncnc1CC(O)C1CC2CCC1C2. The van der Waals surface area contributed by atoms with Crippen molar-refractivity contribution < 1.29 is 5.11 Å². The Labute approximate surface area is 108 Å². The molecule has 4 unspecified atom stereocenters. The summed E-state index contributed by atoms with van der Waals surface area (Å²) in [7, 11) is 0. The Morgan fingerprint density at radius 3 is 2.83 bits per heavy atom. The lowest BCUT2D eigenvalue weighted by molar-refractivity contribution is 0.0722. The van der Waals surface area contributed by atoms with Crippen molar-refractivity contribution in [2.75, 3.05) is 0 Å². The summed E-state index contributed by atoms with van der Waals surface area (Å²) < 4.78 is 1.93. The van der Waals surface area contributed by atoms with Crippen LogP contribution in [0.3, 0.4) is 0 Å². The second-order valence-electron chi connectivity index (χ2n) is 6.32. The van der Waals surface area contributed by atoms with E-state index in [4.69, 9.17) is 0 Å². The first-order valence-electron chi connectivity index (χ1n) is 7.21. The first-order chi connectivity index (χ1) is 8.65. The molecular weight excluding hydrogens is 226 g/mol. The fraction of sp³-hybridized carbons (Fsp3) is 0.857. The van der Waals surface area contributed by atoms with E-state index in [0.717, 1.165) is 17.7 Å². The normalized spacial score (nSPS) is 32.3. The quantitative estimate of drug-likeness (QED) is 0.890. The highest BCUT2D eigenvalue weighted by atomic mass is 16.3. The minimum absolute atomic E-state index is 0.234. The molecule has 0 aliphatic heterocycles. The molecule has 100 valence electrons. The summed E-state index contributed by atoms with van der Waals surface area (Å²) in [5.41, 5.74) is 0. The Morgan fingerprint density at radius 1 is 1.39 bits per heavy atom. The third-order valence-corrected chi connectivity index (χ3v) is 4.82. The summed E-state index contributed by atoms with van der Waals surface area (Å²) in [6.07, 6.45) is 7.30. The van der Waals surface area contributed by atoms with Gasteiger partial charge in [0, 0.05) is 12.5 Å². The lowest BCUT2D eigenvalue weighted by atomic mass is 9.83. The lowest BCUT2D eigenvalue weighted by Crippen LogP contribution is -2.29. The molecule has 0 spiro atoms. The molecule has 2 bridgehead atoms. The molecule has 3 rings (SSSR count). The van der Waals surface area contributed by atoms with Crippen molar-refractivity contribution in [2.45, 2.75) is 58.1 Å². The highest BCUT2D eigenvalue weighted by Gasteiger charge is 2.42. The molecule has 2 fully saturated rings. The second kappa shape index (κ2) is 4.65. The summed E-state index contributed by atoms with van der Waals surface area (Å²) >= 11 is 0. The van der Waals surface area contributed by atoms with E-state index in [2.05, 4.69) is 23.9 Å². The molecular formula is C14H23N3O. The monoisotopic (exact) mass is 249 g/mol. The van der Waals surface area contributed by atoms with E-state index >= 15 is 0 Å². The average molecular weight is 249 g/mol. The van der Waals surface area contributed by atoms with Crippen molar-refractivity contribution in [3.63, 3.8) is 0 Å². The zero-order chi connectivity index (χ0) is 12.7. The van der Waals surface area contributed by atoms with Crippen LogP contribution in [0.2, 0.25) is 0 Å². The first kappa shape index (κ1) is 12.2. The van der Waals surface area contributed by atoms with E-state index in [9.17, 15) is 5.11 Å². The molecule has 2 saturated carbocycles. The van der Waals surface area contributed by atoms with Crippen LogP contribution in [0.4, 0.5) is 0 Å². The number of aromatic nitrogens is 3. The standard InChI is InChI=1S/C14H23N3O/c1-9(2)17-14(15-8-16-17)7-13(18)12-6-10-3-4-11(12)5-10/h8-13,18H,3-7H2,1-2H3. The molecule has 0 amide bonds. The van der Waals surface area contributed by atoms with E-state index in [1.807, 2.05) is 4.68 Å². The van der Waals surface area contributed by atoms with Gasteiger partial charge in [-0.3, -0.25) is 0 Å². The molecule has 0 saturated heterocycles. The number of hydrogen-bond donors (Lipinski definition) is 1. The number of aliphatic hydroxyl groups excluding tert-OH is 1. The van der Waals surface area contributed by atoms with E-state index < -0.39 is 0 Å². The number of aliphatic hydroxyl groups is 1. The smallest absolute Gasteiger partial charge is 0.138 e. The predicted molar refractivity (Wildman–Crippen MR) is 69.1 cm³/mol. The van der Waals surface area contributed by atoms with Crippen LogP contribution < -0.4 is 0 Å². The molecule has 4 heteroatoms. The van der Waals surface area contributed by atoms with Crippen LogP contribution in [0, 0.1) is 17.8 Å². The molecule has 1 N–H and O–H groups in total. The van der Waals surface area contributed by atoms with Gasteiger partial charge in [0.2, 0.25) is 0 Å². The van der Waals surface area contributed by atoms with Crippen molar-refractivity contribution >= 4 is 0 Å². The first-order valence-corrected chi connectivity index (χ1v) is 7.21. The van der Waals surface area contributed by atoms with Gasteiger partial charge >= 0.3 is 0 Å². The number of nitrogens with zero attached hydrogens (tertiary/aromatic N) is 3. The Hall–Kier alpha value is -0.900. The Morgan fingerprint density at radius 2 is 2.22 bits per heavy atom. The van der Waals surface area contributed by atoms with Gasteiger partial charge in [0.25, 0.3) is 0 Å². The fourth-order valence-electron chi connectivity index (χ4n) is 3.96. The van der Waals surface area contributed by atoms with E-state index in [1.54, 1.807) is 6.33 Å². The van der Waals surface area contributed by atoms with Crippen molar-refractivity contribution in [1.82, 2.24) is 14.8 Å². The minimum atomic E-state index is -0.234. The van der Waals surface area contributed by atoms with Gasteiger partial charge in [-0.1, -0.05) is 6.42 Å². The van der Waals surface area contributed by atoms with Crippen LogP contribution in [0.5, 0.6) is 0 Å². The highest BCUT2D eigenvalue weighted by Crippen LogP contribution is 2.49. The average Bonchev–Trinajstić information content (AvgIpc) is 3.03. The molecule has 4 atom stereocenters. The highest BCUT2D eigenvalue weighted by molar-refractivity contribution is 4.97. The maximum atomic E-state index is 10.5. The molecule has 2 aliphatic rings. The van der Waals surface area contributed by atoms with Gasteiger partial charge < -0.3 is 5.11 Å². The fourth-order valence-corrected chi connectivity index (χ4v) is 3.96. The van der Waals surface area contributed by atoms with Gasteiger partial charge in [-0.05, 0) is 50.9 Å². The molecule has 2 aliphatic carbocycles. The third-order valence-electron chi connectivity index (χ3n) is 4.82. The lowest BCUT2D eigenvalue weighted by Gasteiger charge is -2.26. The summed E-state index contributed by atoms with van der Waals surface area (Å²) in [6.45, 7) is 4.20.